The van der Waals surface area contributed by atoms with E-state index in [9.17, 15) is 4.79 Å². The molecule has 2 N–H and O–H groups in total. The molecule has 1 aromatic rings. The summed E-state index contributed by atoms with van der Waals surface area (Å²) in [7, 11) is 0. The Balaban J connectivity index is 1.69. The van der Waals surface area contributed by atoms with Gasteiger partial charge < -0.3 is 15.4 Å². The predicted octanol–water partition coefficient (Wildman–Crippen LogP) is 1.24. The molecule has 1 aliphatic rings. The summed E-state index contributed by atoms with van der Waals surface area (Å²) in [6.45, 7) is 8.94. The van der Waals surface area contributed by atoms with Crippen LogP contribution in [-0.4, -0.2) is 56.2 Å². The Kier molecular flexibility index (Phi) is 6.17. The van der Waals surface area contributed by atoms with E-state index in [-0.39, 0.29) is 11.9 Å². The molecule has 2 rings (SSSR count). The summed E-state index contributed by atoms with van der Waals surface area (Å²) in [5.74, 6) is -0.00173. The highest BCUT2D eigenvalue weighted by Crippen LogP contribution is 2.12. The lowest BCUT2D eigenvalue weighted by molar-refractivity contribution is -0.115. The van der Waals surface area contributed by atoms with Gasteiger partial charge in [-0.1, -0.05) is 18.2 Å². The molecule has 0 saturated carbocycles. The number of ether oxygens (including phenoxy) is 1. The molecule has 1 unspecified atom stereocenters. The van der Waals surface area contributed by atoms with E-state index in [4.69, 9.17) is 4.74 Å². The number of hydrogen-bond donors (Lipinski definition) is 2. The van der Waals surface area contributed by atoms with Crippen molar-refractivity contribution in [2.75, 3.05) is 44.7 Å². The summed E-state index contributed by atoms with van der Waals surface area (Å²) in [6, 6.07) is 8.09. The van der Waals surface area contributed by atoms with Gasteiger partial charge in [0.2, 0.25) is 5.91 Å². The molecule has 1 aliphatic heterocycles. The minimum Gasteiger partial charge on any atom is -0.379 e. The fourth-order valence-electron chi connectivity index (χ4n) is 2.41. The summed E-state index contributed by atoms with van der Waals surface area (Å²) in [5, 5.41) is 6.21. The molecule has 0 spiro atoms. The van der Waals surface area contributed by atoms with Crippen molar-refractivity contribution in [1.29, 1.82) is 0 Å². The third kappa shape index (κ3) is 5.46. The van der Waals surface area contributed by atoms with Gasteiger partial charge in [0.05, 0.1) is 19.8 Å². The summed E-state index contributed by atoms with van der Waals surface area (Å²) in [5.41, 5.74) is 1.96. The standard InChI is InChI=1S/C16H25N3O2/c1-13-5-3-4-6-15(13)18-16(20)11-17-14(2)12-19-7-9-21-10-8-19/h3-6,14,17H,7-12H2,1-2H3,(H,18,20). The van der Waals surface area contributed by atoms with Crippen LogP contribution in [0.3, 0.4) is 0 Å². The van der Waals surface area contributed by atoms with Crippen molar-refractivity contribution in [3.8, 4) is 0 Å². The SMILES string of the molecule is Cc1ccccc1NC(=O)CNC(C)CN1CCOCC1. The van der Waals surface area contributed by atoms with Crippen LogP contribution in [0.2, 0.25) is 0 Å². The fraction of sp³-hybridized carbons (Fsp3) is 0.562. The molecule has 1 saturated heterocycles. The number of morpholine rings is 1. The van der Waals surface area contributed by atoms with Gasteiger partial charge in [-0.05, 0) is 25.5 Å². The summed E-state index contributed by atoms with van der Waals surface area (Å²) >= 11 is 0. The predicted molar refractivity (Wildman–Crippen MR) is 84.5 cm³/mol. The van der Waals surface area contributed by atoms with Gasteiger partial charge in [-0.2, -0.15) is 0 Å². The molecule has 0 aliphatic carbocycles. The van der Waals surface area contributed by atoms with Gasteiger partial charge in [-0.25, -0.2) is 0 Å². The second-order valence-corrected chi connectivity index (χ2v) is 5.56. The molecule has 1 atom stereocenters. The van der Waals surface area contributed by atoms with Crippen molar-refractivity contribution in [3.05, 3.63) is 29.8 Å². The average molecular weight is 291 g/mol. The van der Waals surface area contributed by atoms with Crippen LogP contribution in [0.4, 0.5) is 5.69 Å². The van der Waals surface area contributed by atoms with E-state index in [1.54, 1.807) is 0 Å². The van der Waals surface area contributed by atoms with Crippen LogP contribution in [0.1, 0.15) is 12.5 Å². The molecule has 21 heavy (non-hydrogen) atoms. The van der Waals surface area contributed by atoms with Crippen LogP contribution in [0, 0.1) is 6.92 Å². The number of benzene rings is 1. The zero-order valence-electron chi connectivity index (χ0n) is 12.9. The monoisotopic (exact) mass is 291 g/mol. The molecule has 1 amide bonds. The molecule has 5 heteroatoms. The highest BCUT2D eigenvalue weighted by atomic mass is 16.5. The van der Waals surface area contributed by atoms with Crippen LogP contribution in [0.15, 0.2) is 24.3 Å². The van der Waals surface area contributed by atoms with E-state index >= 15 is 0 Å². The first kappa shape index (κ1) is 15.9. The highest BCUT2D eigenvalue weighted by Gasteiger charge is 2.14. The Morgan fingerprint density at radius 3 is 2.76 bits per heavy atom. The molecule has 116 valence electrons. The zero-order valence-corrected chi connectivity index (χ0v) is 12.9. The van der Waals surface area contributed by atoms with Crippen molar-refractivity contribution >= 4 is 11.6 Å². The number of anilines is 1. The summed E-state index contributed by atoms with van der Waals surface area (Å²) in [6.07, 6.45) is 0. The Labute approximate surface area is 126 Å². The molecular weight excluding hydrogens is 266 g/mol. The van der Waals surface area contributed by atoms with E-state index < -0.39 is 0 Å². The number of para-hydroxylation sites is 1. The lowest BCUT2D eigenvalue weighted by atomic mass is 10.2. The molecule has 0 bridgehead atoms. The van der Waals surface area contributed by atoms with Gasteiger partial charge >= 0.3 is 0 Å². The van der Waals surface area contributed by atoms with Crippen LogP contribution < -0.4 is 10.6 Å². The number of aryl methyl sites for hydroxylation is 1. The number of hydrogen-bond acceptors (Lipinski definition) is 4. The number of nitrogens with one attached hydrogen (secondary N) is 2. The minimum absolute atomic E-state index is 0.00173. The molecule has 5 nitrogen and oxygen atoms in total. The molecule has 0 radical (unpaired) electrons. The maximum atomic E-state index is 12.0. The molecule has 0 aromatic heterocycles. The molecule has 1 fully saturated rings. The number of amides is 1. The third-order valence-corrected chi connectivity index (χ3v) is 3.67. The maximum absolute atomic E-state index is 12.0. The number of nitrogens with zero attached hydrogens (tertiary/aromatic N) is 1. The van der Waals surface area contributed by atoms with Gasteiger partial charge in [0.1, 0.15) is 0 Å². The van der Waals surface area contributed by atoms with Crippen LogP contribution in [0.25, 0.3) is 0 Å². The Morgan fingerprint density at radius 2 is 2.05 bits per heavy atom. The van der Waals surface area contributed by atoms with Crippen LogP contribution in [-0.2, 0) is 9.53 Å². The minimum atomic E-state index is -0.00173. The number of carbonyl (C=O) groups is 1. The zero-order chi connectivity index (χ0) is 15.1. The van der Waals surface area contributed by atoms with Crippen molar-refractivity contribution in [1.82, 2.24) is 10.2 Å². The summed E-state index contributed by atoms with van der Waals surface area (Å²) < 4.78 is 5.33. The topological polar surface area (TPSA) is 53.6 Å². The lowest BCUT2D eigenvalue weighted by Crippen LogP contribution is -2.46. The van der Waals surface area contributed by atoms with E-state index in [1.807, 2.05) is 31.2 Å². The van der Waals surface area contributed by atoms with Gasteiger partial charge in [-0.3, -0.25) is 9.69 Å². The largest absolute Gasteiger partial charge is 0.379 e. The van der Waals surface area contributed by atoms with Gasteiger partial charge in [0.25, 0.3) is 0 Å². The average Bonchev–Trinajstić information content (AvgIpc) is 2.49. The molecule has 1 heterocycles. The van der Waals surface area contributed by atoms with E-state index in [0.717, 1.165) is 44.1 Å². The lowest BCUT2D eigenvalue weighted by Gasteiger charge is -2.29. The maximum Gasteiger partial charge on any atom is 0.238 e. The Bertz CT molecular complexity index is 459. The van der Waals surface area contributed by atoms with Crippen molar-refractivity contribution < 1.29 is 9.53 Å². The van der Waals surface area contributed by atoms with Crippen molar-refractivity contribution in [3.63, 3.8) is 0 Å². The normalized spacial score (nSPS) is 17.4. The first-order valence-electron chi connectivity index (χ1n) is 7.54. The third-order valence-electron chi connectivity index (χ3n) is 3.67. The summed E-state index contributed by atoms with van der Waals surface area (Å²) in [4.78, 5) is 14.3. The van der Waals surface area contributed by atoms with E-state index in [1.165, 1.54) is 0 Å². The Hall–Kier alpha value is -1.43. The van der Waals surface area contributed by atoms with Gasteiger partial charge in [0, 0.05) is 31.4 Å². The molecule has 1 aromatic carbocycles. The smallest absolute Gasteiger partial charge is 0.238 e. The van der Waals surface area contributed by atoms with E-state index in [2.05, 4.69) is 22.5 Å². The van der Waals surface area contributed by atoms with Crippen LogP contribution >= 0.6 is 0 Å². The van der Waals surface area contributed by atoms with Gasteiger partial charge in [-0.15, -0.1) is 0 Å². The second kappa shape index (κ2) is 8.12. The van der Waals surface area contributed by atoms with E-state index in [0.29, 0.717) is 6.54 Å². The number of carbonyl (C=O) groups excluding carboxylic acids is 1. The van der Waals surface area contributed by atoms with Crippen molar-refractivity contribution in [2.45, 2.75) is 19.9 Å². The molecular formula is C16H25N3O2. The van der Waals surface area contributed by atoms with Crippen molar-refractivity contribution in [2.24, 2.45) is 0 Å². The first-order valence-corrected chi connectivity index (χ1v) is 7.54. The second-order valence-electron chi connectivity index (χ2n) is 5.56. The quantitative estimate of drug-likeness (QED) is 0.828. The highest BCUT2D eigenvalue weighted by molar-refractivity contribution is 5.92. The van der Waals surface area contributed by atoms with Gasteiger partial charge in [0.15, 0.2) is 0 Å². The fourth-order valence-corrected chi connectivity index (χ4v) is 2.41. The first-order chi connectivity index (χ1) is 10.1. The Morgan fingerprint density at radius 1 is 1.33 bits per heavy atom. The number of rotatable bonds is 6. The van der Waals surface area contributed by atoms with Crippen LogP contribution in [0.5, 0.6) is 0 Å².